The summed E-state index contributed by atoms with van der Waals surface area (Å²) >= 11 is 0. The lowest BCUT2D eigenvalue weighted by atomic mass is 10.2. The SMILES string of the molecule is CNCCC(=O)N(CC(N)=O)CC(C)C.Cl. The van der Waals surface area contributed by atoms with Gasteiger partial charge in [0.15, 0.2) is 0 Å². The third-order valence-corrected chi connectivity index (χ3v) is 1.87. The number of nitrogens with one attached hydrogen (secondary N) is 1. The molecule has 5 nitrogen and oxygen atoms in total. The number of carbonyl (C=O) groups is 2. The Hall–Kier alpha value is -0.810. The number of nitrogens with zero attached hydrogens (tertiary/aromatic N) is 1. The molecular weight excluding hydrogens is 230 g/mol. The van der Waals surface area contributed by atoms with E-state index >= 15 is 0 Å². The van der Waals surface area contributed by atoms with Crippen LogP contribution in [0, 0.1) is 5.92 Å². The second-order valence-corrected chi connectivity index (χ2v) is 3.99. The Morgan fingerprint density at radius 1 is 1.38 bits per heavy atom. The van der Waals surface area contributed by atoms with Gasteiger partial charge in [0.25, 0.3) is 0 Å². The van der Waals surface area contributed by atoms with Crippen LogP contribution in [0.4, 0.5) is 0 Å². The fraction of sp³-hybridized carbons (Fsp3) is 0.800. The number of hydrogen-bond donors (Lipinski definition) is 2. The zero-order valence-electron chi connectivity index (χ0n) is 10.2. The molecule has 2 amide bonds. The molecule has 0 saturated carbocycles. The standard InChI is InChI=1S/C10H21N3O2.ClH/c1-8(2)6-13(7-9(11)14)10(15)4-5-12-3;/h8,12H,4-7H2,1-3H3,(H2,11,14);1H. The smallest absolute Gasteiger partial charge is 0.237 e. The van der Waals surface area contributed by atoms with Crippen molar-refractivity contribution in [2.75, 3.05) is 26.7 Å². The maximum Gasteiger partial charge on any atom is 0.237 e. The van der Waals surface area contributed by atoms with Gasteiger partial charge in [0, 0.05) is 19.5 Å². The molecule has 0 heterocycles. The van der Waals surface area contributed by atoms with E-state index in [9.17, 15) is 9.59 Å². The second kappa shape index (κ2) is 9.42. The molecule has 0 aliphatic heterocycles. The van der Waals surface area contributed by atoms with Crippen molar-refractivity contribution in [3.63, 3.8) is 0 Å². The number of amides is 2. The van der Waals surface area contributed by atoms with Crippen LogP contribution in [0.25, 0.3) is 0 Å². The van der Waals surface area contributed by atoms with Crippen molar-refractivity contribution in [2.45, 2.75) is 20.3 Å². The molecule has 0 aromatic heterocycles. The zero-order chi connectivity index (χ0) is 11.8. The van der Waals surface area contributed by atoms with Gasteiger partial charge in [-0.05, 0) is 13.0 Å². The van der Waals surface area contributed by atoms with Crippen LogP contribution in [-0.2, 0) is 9.59 Å². The van der Waals surface area contributed by atoms with Crippen LogP contribution in [0.5, 0.6) is 0 Å². The molecule has 0 aromatic rings. The summed E-state index contributed by atoms with van der Waals surface area (Å²) in [4.78, 5) is 24.0. The minimum Gasteiger partial charge on any atom is -0.368 e. The first kappa shape index (κ1) is 17.6. The number of primary amides is 1. The Bertz CT molecular complexity index is 222. The van der Waals surface area contributed by atoms with E-state index in [0.717, 1.165) is 0 Å². The molecule has 0 aromatic carbocycles. The van der Waals surface area contributed by atoms with E-state index in [4.69, 9.17) is 5.73 Å². The molecule has 0 unspecified atom stereocenters. The summed E-state index contributed by atoms with van der Waals surface area (Å²) < 4.78 is 0. The van der Waals surface area contributed by atoms with E-state index in [0.29, 0.717) is 25.4 Å². The lowest BCUT2D eigenvalue weighted by Gasteiger charge is -2.23. The molecule has 16 heavy (non-hydrogen) atoms. The van der Waals surface area contributed by atoms with Gasteiger partial charge in [-0.15, -0.1) is 12.4 Å². The molecule has 96 valence electrons. The van der Waals surface area contributed by atoms with Crippen LogP contribution in [0.3, 0.4) is 0 Å². The zero-order valence-corrected chi connectivity index (χ0v) is 11.0. The number of nitrogens with two attached hydrogens (primary N) is 1. The second-order valence-electron chi connectivity index (χ2n) is 3.99. The summed E-state index contributed by atoms with van der Waals surface area (Å²) in [5.41, 5.74) is 5.09. The fourth-order valence-corrected chi connectivity index (χ4v) is 1.27. The number of rotatable bonds is 7. The topological polar surface area (TPSA) is 75.4 Å². The van der Waals surface area contributed by atoms with Gasteiger partial charge in [0.05, 0.1) is 6.54 Å². The first-order valence-corrected chi connectivity index (χ1v) is 5.18. The lowest BCUT2D eigenvalue weighted by molar-refractivity contribution is -0.135. The van der Waals surface area contributed by atoms with Gasteiger partial charge in [-0.1, -0.05) is 13.8 Å². The normalized spacial score (nSPS) is 9.75. The maximum absolute atomic E-state index is 11.7. The average Bonchev–Trinajstić information content (AvgIpc) is 2.11. The van der Waals surface area contributed by atoms with Gasteiger partial charge in [-0.25, -0.2) is 0 Å². The summed E-state index contributed by atoms with van der Waals surface area (Å²) in [6.45, 7) is 5.21. The van der Waals surface area contributed by atoms with E-state index in [-0.39, 0.29) is 24.9 Å². The van der Waals surface area contributed by atoms with Crippen LogP contribution < -0.4 is 11.1 Å². The van der Waals surface area contributed by atoms with Crippen molar-refractivity contribution in [2.24, 2.45) is 11.7 Å². The fourth-order valence-electron chi connectivity index (χ4n) is 1.27. The lowest BCUT2D eigenvalue weighted by Crippen LogP contribution is -2.41. The van der Waals surface area contributed by atoms with E-state index < -0.39 is 5.91 Å². The monoisotopic (exact) mass is 251 g/mol. The number of hydrogen-bond acceptors (Lipinski definition) is 3. The maximum atomic E-state index is 11.7. The van der Waals surface area contributed by atoms with Crippen molar-refractivity contribution in [1.82, 2.24) is 10.2 Å². The third kappa shape index (κ3) is 8.49. The molecule has 0 saturated heterocycles. The predicted molar refractivity (Wildman–Crippen MR) is 66.4 cm³/mol. The largest absolute Gasteiger partial charge is 0.368 e. The van der Waals surface area contributed by atoms with Crippen molar-refractivity contribution < 1.29 is 9.59 Å². The highest BCUT2D eigenvalue weighted by molar-refractivity contribution is 5.85. The highest BCUT2D eigenvalue weighted by Gasteiger charge is 2.15. The van der Waals surface area contributed by atoms with E-state index in [1.165, 1.54) is 4.90 Å². The molecule has 0 aliphatic rings. The molecule has 0 fully saturated rings. The Labute approximate surface area is 103 Å². The molecular formula is C10H22ClN3O2. The van der Waals surface area contributed by atoms with Crippen molar-refractivity contribution in [3.8, 4) is 0 Å². The van der Waals surface area contributed by atoms with Crippen LogP contribution in [-0.4, -0.2) is 43.4 Å². The summed E-state index contributed by atoms with van der Waals surface area (Å²) in [7, 11) is 1.79. The van der Waals surface area contributed by atoms with E-state index in [2.05, 4.69) is 5.32 Å². The number of halogens is 1. The molecule has 0 aliphatic carbocycles. The molecule has 6 heteroatoms. The Morgan fingerprint density at radius 2 is 1.94 bits per heavy atom. The minimum absolute atomic E-state index is 0. The first-order valence-electron chi connectivity index (χ1n) is 5.18. The van der Waals surface area contributed by atoms with Gasteiger partial charge in [-0.2, -0.15) is 0 Å². The highest BCUT2D eigenvalue weighted by atomic mass is 35.5. The van der Waals surface area contributed by atoms with Crippen LogP contribution in [0.15, 0.2) is 0 Å². The summed E-state index contributed by atoms with van der Waals surface area (Å²) in [6, 6.07) is 0. The van der Waals surface area contributed by atoms with Crippen LogP contribution >= 0.6 is 12.4 Å². The molecule has 0 spiro atoms. The van der Waals surface area contributed by atoms with Crippen LogP contribution in [0.2, 0.25) is 0 Å². The quantitative estimate of drug-likeness (QED) is 0.668. The Morgan fingerprint density at radius 3 is 2.31 bits per heavy atom. The Balaban J connectivity index is 0. The van der Waals surface area contributed by atoms with Gasteiger partial charge in [0.2, 0.25) is 11.8 Å². The molecule has 0 radical (unpaired) electrons. The van der Waals surface area contributed by atoms with Gasteiger partial charge in [-0.3, -0.25) is 9.59 Å². The van der Waals surface area contributed by atoms with Gasteiger partial charge >= 0.3 is 0 Å². The molecule has 3 N–H and O–H groups in total. The minimum atomic E-state index is -0.464. The predicted octanol–water partition coefficient (Wildman–Crippen LogP) is -0.0124. The summed E-state index contributed by atoms with van der Waals surface area (Å²) in [5.74, 6) is -0.159. The highest BCUT2D eigenvalue weighted by Crippen LogP contribution is 2.00. The van der Waals surface area contributed by atoms with Crippen LogP contribution in [0.1, 0.15) is 20.3 Å². The van der Waals surface area contributed by atoms with E-state index in [1.807, 2.05) is 13.8 Å². The van der Waals surface area contributed by atoms with E-state index in [1.54, 1.807) is 7.05 Å². The van der Waals surface area contributed by atoms with Crippen molar-refractivity contribution in [3.05, 3.63) is 0 Å². The molecule has 0 atom stereocenters. The summed E-state index contributed by atoms with van der Waals surface area (Å²) in [6.07, 6.45) is 0.399. The number of carbonyl (C=O) groups excluding carboxylic acids is 2. The summed E-state index contributed by atoms with van der Waals surface area (Å²) in [5, 5.41) is 2.90. The Kier molecular flexibility index (Phi) is 10.3. The van der Waals surface area contributed by atoms with Crippen molar-refractivity contribution >= 4 is 24.2 Å². The molecule has 0 bridgehead atoms. The molecule has 0 rings (SSSR count). The van der Waals surface area contributed by atoms with Crippen molar-refractivity contribution in [1.29, 1.82) is 0 Å². The van der Waals surface area contributed by atoms with Gasteiger partial charge < -0.3 is 16.0 Å². The average molecular weight is 252 g/mol. The third-order valence-electron chi connectivity index (χ3n) is 1.87. The van der Waals surface area contributed by atoms with Gasteiger partial charge in [0.1, 0.15) is 0 Å². The first-order chi connectivity index (χ1) is 6.97.